The minimum absolute atomic E-state index is 0.113. The number of alkyl halides is 1. The Morgan fingerprint density at radius 1 is 1.20 bits per heavy atom. The summed E-state index contributed by atoms with van der Waals surface area (Å²) in [4.78, 5) is 0. The van der Waals surface area contributed by atoms with E-state index in [1.54, 1.807) is 0 Å². The van der Waals surface area contributed by atoms with E-state index in [-0.39, 0.29) is 5.54 Å². The zero-order valence-corrected chi connectivity index (χ0v) is 12.7. The molecule has 1 aromatic heterocycles. The topological polar surface area (TPSA) is 39.9 Å². The predicted octanol–water partition coefficient (Wildman–Crippen LogP) is 3.47. The normalized spacial score (nSPS) is 14.6. The Balaban J connectivity index is 2.13. The monoisotopic (exact) mass is 291 g/mol. The lowest BCUT2D eigenvalue weighted by atomic mass is 10.0. The van der Waals surface area contributed by atoms with E-state index in [4.69, 9.17) is 16.3 Å². The number of nitrogens with zero attached hydrogens (tertiary/aromatic N) is 3. The Morgan fingerprint density at radius 2 is 1.95 bits per heavy atom. The summed E-state index contributed by atoms with van der Waals surface area (Å²) in [6.45, 7) is 7.77. The van der Waals surface area contributed by atoms with Crippen molar-refractivity contribution in [3.05, 3.63) is 35.2 Å². The van der Waals surface area contributed by atoms with Crippen molar-refractivity contribution in [2.75, 3.05) is 0 Å². The highest BCUT2D eigenvalue weighted by molar-refractivity contribution is 6.16. The number of hydrogen-bond donors (Lipinski definition) is 0. The fraction of sp³-hybridized carbons (Fsp3) is 0.467. The van der Waals surface area contributed by atoms with Gasteiger partial charge in [0, 0.05) is 11.1 Å². The highest BCUT2D eigenvalue weighted by Gasteiger charge is 2.24. The van der Waals surface area contributed by atoms with Gasteiger partial charge in [0.15, 0.2) is 5.82 Å². The lowest BCUT2D eigenvalue weighted by Gasteiger charge is -2.24. The lowest BCUT2D eigenvalue weighted by Crippen LogP contribution is -2.24. The highest BCUT2D eigenvalue weighted by atomic mass is 35.5. The molecule has 0 radical (unpaired) electrons. The number of benzene rings is 1. The van der Waals surface area contributed by atoms with E-state index in [0.29, 0.717) is 19.1 Å². The first kappa shape index (κ1) is 13.6. The summed E-state index contributed by atoms with van der Waals surface area (Å²) in [7, 11) is 0. The van der Waals surface area contributed by atoms with Crippen LogP contribution in [0.25, 0.3) is 11.4 Å². The molecule has 1 aliphatic rings. The van der Waals surface area contributed by atoms with Crippen LogP contribution in [0.3, 0.4) is 0 Å². The van der Waals surface area contributed by atoms with Gasteiger partial charge < -0.3 is 9.30 Å². The Hall–Kier alpha value is -1.39. The third kappa shape index (κ3) is 2.23. The third-order valence-corrected chi connectivity index (χ3v) is 3.74. The average Bonchev–Trinajstić information content (AvgIpc) is 3.03. The average molecular weight is 292 g/mol. The number of rotatable bonds is 2. The molecule has 20 heavy (non-hydrogen) atoms. The molecule has 4 nitrogen and oxygen atoms in total. The van der Waals surface area contributed by atoms with Gasteiger partial charge in [0.25, 0.3) is 0 Å². The summed E-state index contributed by atoms with van der Waals surface area (Å²) >= 11 is 5.99. The fourth-order valence-electron chi connectivity index (χ4n) is 2.61. The number of hydrogen-bond acceptors (Lipinski definition) is 3. The number of halogens is 1. The fourth-order valence-corrected chi connectivity index (χ4v) is 2.78. The van der Waals surface area contributed by atoms with E-state index in [9.17, 15) is 0 Å². The van der Waals surface area contributed by atoms with E-state index in [0.717, 1.165) is 17.2 Å². The third-order valence-electron chi connectivity index (χ3n) is 3.50. The van der Waals surface area contributed by atoms with Crippen molar-refractivity contribution in [3.63, 3.8) is 0 Å². The lowest BCUT2D eigenvalue weighted by molar-refractivity contribution is 0.134. The first-order valence-electron chi connectivity index (χ1n) is 6.71. The van der Waals surface area contributed by atoms with Crippen LogP contribution < -0.4 is 0 Å². The largest absolute Gasteiger partial charge is 0.372 e. The van der Waals surface area contributed by atoms with Crippen molar-refractivity contribution in [1.82, 2.24) is 14.8 Å². The first-order valence-corrected chi connectivity index (χ1v) is 7.25. The molecule has 0 fully saturated rings. The molecule has 0 saturated carbocycles. The molecule has 106 valence electrons. The quantitative estimate of drug-likeness (QED) is 0.796. The van der Waals surface area contributed by atoms with E-state index >= 15 is 0 Å². The zero-order valence-electron chi connectivity index (χ0n) is 12.0. The predicted molar refractivity (Wildman–Crippen MR) is 78.5 cm³/mol. The molecule has 2 heterocycles. The summed E-state index contributed by atoms with van der Waals surface area (Å²) in [5, 5.41) is 8.56. The second kappa shape index (κ2) is 4.86. The van der Waals surface area contributed by atoms with Gasteiger partial charge in [0.05, 0.1) is 19.1 Å². The van der Waals surface area contributed by atoms with Crippen molar-refractivity contribution in [1.29, 1.82) is 0 Å². The summed E-state index contributed by atoms with van der Waals surface area (Å²) in [5.74, 6) is 2.02. The summed E-state index contributed by atoms with van der Waals surface area (Å²) in [5.41, 5.74) is 3.44. The van der Waals surface area contributed by atoms with Crippen molar-refractivity contribution < 1.29 is 4.74 Å². The van der Waals surface area contributed by atoms with Gasteiger partial charge in [-0.25, -0.2) is 0 Å². The smallest absolute Gasteiger partial charge is 0.164 e. The molecular weight excluding hydrogens is 274 g/mol. The summed E-state index contributed by atoms with van der Waals surface area (Å²) < 4.78 is 7.57. The van der Waals surface area contributed by atoms with E-state index in [1.807, 2.05) is 0 Å². The molecule has 0 saturated heterocycles. The van der Waals surface area contributed by atoms with Crippen molar-refractivity contribution in [2.24, 2.45) is 0 Å². The number of fused-ring (bicyclic) bond motifs is 1. The molecule has 3 rings (SSSR count). The van der Waals surface area contributed by atoms with Crippen molar-refractivity contribution in [2.45, 2.75) is 45.4 Å². The molecule has 0 unspecified atom stereocenters. The molecule has 0 atom stereocenters. The van der Waals surface area contributed by atoms with Gasteiger partial charge in [0.2, 0.25) is 0 Å². The molecular formula is C15H18ClN3O. The van der Waals surface area contributed by atoms with Crippen molar-refractivity contribution >= 4 is 11.6 Å². The SMILES string of the molecule is CC(C)(C)n1c(CCl)nnc1-c1ccc2c(c1)COC2. The van der Waals surface area contributed by atoms with E-state index in [2.05, 4.69) is 53.7 Å². The van der Waals surface area contributed by atoms with Gasteiger partial charge in [-0.05, 0) is 38.0 Å². The van der Waals surface area contributed by atoms with Gasteiger partial charge in [-0.15, -0.1) is 21.8 Å². The second-order valence-corrected chi connectivity index (χ2v) is 6.32. The Bertz CT molecular complexity index is 643. The van der Waals surface area contributed by atoms with E-state index < -0.39 is 0 Å². The number of aromatic nitrogens is 3. The molecule has 1 aromatic carbocycles. The Kier molecular flexibility index (Phi) is 3.30. The number of ether oxygens (including phenoxy) is 1. The van der Waals surface area contributed by atoms with Gasteiger partial charge in [-0.1, -0.05) is 12.1 Å². The van der Waals surface area contributed by atoms with Crippen LogP contribution in [0, 0.1) is 0 Å². The minimum Gasteiger partial charge on any atom is -0.372 e. The van der Waals surface area contributed by atoms with Crippen LogP contribution in [0.4, 0.5) is 0 Å². The molecule has 5 heteroatoms. The molecule has 0 amide bonds. The maximum Gasteiger partial charge on any atom is 0.164 e. The molecule has 0 bridgehead atoms. The van der Waals surface area contributed by atoms with E-state index in [1.165, 1.54) is 11.1 Å². The molecule has 1 aliphatic heterocycles. The highest BCUT2D eigenvalue weighted by Crippen LogP contribution is 2.30. The molecule has 0 aliphatic carbocycles. The van der Waals surface area contributed by atoms with Crippen LogP contribution in [-0.4, -0.2) is 14.8 Å². The summed E-state index contributed by atoms with van der Waals surface area (Å²) in [6.07, 6.45) is 0. The maximum absolute atomic E-state index is 5.99. The minimum atomic E-state index is -0.113. The standard InChI is InChI=1S/C15H18ClN3O/c1-15(2,3)19-13(7-16)17-18-14(19)10-4-5-11-8-20-9-12(11)6-10/h4-6H,7-9H2,1-3H3. The van der Waals surface area contributed by atoms with Crippen LogP contribution in [0.15, 0.2) is 18.2 Å². The Labute approximate surface area is 123 Å². The zero-order chi connectivity index (χ0) is 14.3. The van der Waals surface area contributed by atoms with Crippen LogP contribution in [0.5, 0.6) is 0 Å². The van der Waals surface area contributed by atoms with Gasteiger partial charge in [0.1, 0.15) is 5.82 Å². The van der Waals surface area contributed by atoms with Gasteiger partial charge in [-0.3, -0.25) is 0 Å². The molecule has 2 aromatic rings. The van der Waals surface area contributed by atoms with Crippen LogP contribution in [0.1, 0.15) is 37.7 Å². The Morgan fingerprint density at radius 3 is 2.65 bits per heavy atom. The molecule has 0 N–H and O–H groups in total. The van der Waals surface area contributed by atoms with Crippen molar-refractivity contribution in [3.8, 4) is 11.4 Å². The van der Waals surface area contributed by atoms with Crippen LogP contribution >= 0.6 is 11.6 Å². The second-order valence-electron chi connectivity index (χ2n) is 6.06. The van der Waals surface area contributed by atoms with Crippen LogP contribution in [-0.2, 0) is 29.4 Å². The molecule has 0 spiro atoms. The van der Waals surface area contributed by atoms with Gasteiger partial charge in [-0.2, -0.15) is 0 Å². The first-order chi connectivity index (χ1) is 9.50. The maximum atomic E-state index is 5.99. The summed E-state index contributed by atoms with van der Waals surface area (Å²) in [6, 6.07) is 6.34. The van der Waals surface area contributed by atoms with Gasteiger partial charge >= 0.3 is 0 Å². The van der Waals surface area contributed by atoms with Crippen LogP contribution in [0.2, 0.25) is 0 Å².